The zero-order chi connectivity index (χ0) is 22.1. The zero-order valence-electron chi connectivity index (χ0n) is 19.6. The number of halogens is 1. The average Bonchev–Trinajstić information content (AvgIpc) is 3.28. The van der Waals surface area contributed by atoms with Gasteiger partial charge in [0.15, 0.2) is 5.96 Å². The van der Waals surface area contributed by atoms with Crippen molar-refractivity contribution in [2.45, 2.75) is 45.5 Å². The molecule has 0 radical (unpaired) electrons. The van der Waals surface area contributed by atoms with Crippen molar-refractivity contribution in [3.05, 3.63) is 65.2 Å². The summed E-state index contributed by atoms with van der Waals surface area (Å²) < 4.78 is 11.7. The molecule has 1 heterocycles. The Balaban J connectivity index is 0.00000363. The second-order valence-electron chi connectivity index (χ2n) is 8.27. The number of nitrogens with one attached hydrogen (secondary N) is 2. The van der Waals surface area contributed by atoms with E-state index in [2.05, 4.69) is 90.0 Å². The Morgan fingerprint density at radius 3 is 2.69 bits per heavy atom. The summed E-state index contributed by atoms with van der Waals surface area (Å²) in [7, 11) is 3.95. The number of rotatable bonds is 9. The van der Waals surface area contributed by atoms with Crippen molar-refractivity contribution >= 4 is 29.9 Å². The van der Waals surface area contributed by atoms with Crippen LogP contribution in [0.15, 0.2) is 53.5 Å². The fourth-order valence-corrected chi connectivity index (χ4v) is 3.53. The number of benzene rings is 2. The summed E-state index contributed by atoms with van der Waals surface area (Å²) in [5.41, 5.74) is 3.63. The second-order valence-corrected chi connectivity index (χ2v) is 8.27. The van der Waals surface area contributed by atoms with Gasteiger partial charge in [-0.1, -0.05) is 42.5 Å². The van der Waals surface area contributed by atoms with Crippen LogP contribution in [0.2, 0.25) is 0 Å². The lowest BCUT2D eigenvalue weighted by molar-refractivity contribution is 0.140. The van der Waals surface area contributed by atoms with E-state index in [1.54, 1.807) is 7.05 Å². The second kappa shape index (κ2) is 13.6. The molecule has 1 aliphatic rings. The van der Waals surface area contributed by atoms with Crippen molar-refractivity contribution in [2.24, 2.45) is 4.99 Å². The molecule has 0 aliphatic carbocycles. The summed E-state index contributed by atoms with van der Waals surface area (Å²) in [6.45, 7) is 8.12. The topological polar surface area (TPSA) is 58.1 Å². The van der Waals surface area contributed by atoms with E-state index >= 15 is 0 Å². The summed E-state index contributed by atoms with van der Waals surface area (Å²) >= 11 is 0. The Morgan fingerprint density at radius 2 is 2.00 bits per heavy atom. The number of hydrogen-bond acceptors (Lipinski definition) is 4. The normalized spacial score (nSPS) is 17.0. The molecule has 2 atom stereocenters. The quantitative estimate of drug-likeness (QED) is 0.280. The van der Waals surface area contributed by atoms with Crippen LogP contribution in [0, 0.1) is 6.92 Å². The van der Waals surface area contributed by atoms with Crippen molar-refractivity contribution in [3.8, 4) is 5.75 Å². The molecule has 0 saturated carbocycles. The minimum absolute atomic E-state index is 0. The van der Waals surface area contributed by atoms with Gasteiger partial charge in [0.25, 0.3) is 0 Å². The summed E-state index contributed by atoms with van der Waals surface area (Å²) in [5.74, 6) is 1.71. The van der Waals surface area contributed by atoms with Crippen molar-refractivity contribution in [3.63, 3.8) is 0 Å². The van der Waals surface area contributed by atoms with Crippen LogP contribution in [0.25, 0.3) is 0 Å². The average molecular weight is 553 g/mol. The molecule has 1 saturated heterocycles. The third-order valence-corrected chi connectivity index (χ3v) is 5.67. The van der Waals surface area contributed by atoms with Crippen LogP contribution < -0.4 is 15.4 Å². The summed E-state index contributed by atoms with van der Waals surface area (Å²) in [6.07, 6.45) is 1.08. The van der Waals surface area contributed by atoms with E-state index in [9.17, 15) is 0 Å². The first kappa shape index (κ1) is 26.4. The maximum Gasteiger partial charge on any atom is 0.191 e. The van der Waals surface area contributed by atoms with Crippen molar-refractivity contribution < 1.29 is 9.47 Å². The Bertz CT molecular complexity index is 841. The summed E-state index contributed by atoms with van der Waals surface area (Å²) in [4.78, 5) is 6.72. The highest BCUT2D eigenvalue weighted by molar-refractivity contribution is 14.0. The minimum Gasteiger partial charge on any atom is -0.488 e. The van der Waals surface area contributed by atoms with Gasteiger partial charge in [-0.3, -0.25) is 9.89 Å². The number of nitrogens with zero attached hydrogens (tertiary/aromatic N) is 2. The van der Waals surface area contributed by atoms with Crippen LogP contribution in [-0.2, 0) is 17.8 Å². The predicted molar refractivity (Wildman–Crippen MR) is 142 cm³/mol. The number of hydrogen-bond donors (Lipinski definition) is 2. The molecule has 0 bridgehead atoms. The van der Waals surface area contributed by atoms with Gasteiger partial charge in [0.2, 0.25) is 0 Å². The van der Waals surface area contributed by atoms with Gasteiger partial charge in [0.1, 0.15) is 11.9 Å². The van der Waals surface area contributed by atoms with E-state index in [0.29, 0.717) is 19.2 Å². The molecule has 32 heavy (non-hydrogen) atoms. The molecule has 0 aromatic heterocycles. The molecule has 7 heteroatoms. The number of aryl methyl sites for hydroxylation is 1. The van der Waals surface area contributed by atoms with Gasteiger partial charge < -0.3 is 20.1 Å². The highest BCUT2D eigenvalue weighted by Gasteiger charge is 2.19. The van der Waals surface area contributed by atoms with Gasteiger partial charge in [-0.05, 0) is 38.1 Å². The third kappa shape index (κ3) is 8.26. The van der Waals surface area contributed by atoms with Gasteiger partial charge in [-0.2, -0.15) is 0 Å². The van der Waals surface area contributed by atoms with E-state index in [0.717, 1.165) is 43.4 Å². The smallest absolute Gasteiger partial charge is 0.191 e. The van der Waals surface area contributed by atoms with Gasteiger partial charge in [-0.25, -0.2) is 0 Å². The highest BCUT2D eigenvalue weighted by atomic mass is 127. The van der Waals surface area contributed by atoms with E-state index in [1.165, 1.54) is 11.1 Å². The fourth-order valence-electron chi connectivity index (χ4n) is 3.53. The molecule has 2 N–H and O–H groups in total. The molecule has 2 aromatic rings. The Kier molecular flexibility index (Phi) is 11.3. The lowest BCUT2D eigenvalue weighted by Gasteiger charge is -2.26. The Hall–Kier alpha value is -1.84. The van der Waals surface area contributed by atoms with Crippen molar-refractivity contribution in [2.75, 3.05) is 33.9 Å². The molecular weight excluding hydrogens is 515 g/mol. The van der Waals surface area contributed by atoms with Crippen LogP contribution in [0.4, 0.5) is 0 Å². The first-order valence-corrected chi connectivity index (χ1v) is 11.1. The predicted octanol–water partition coefficient (Wildman–Crippen LogP) is 3.97. The Morgan fingerprint density at radius 1 is 1.22 bits per heavy atom. The molecule has 3 rings (SSSR count). The van der Waals surface area contributed by atoms with E-state index < -0.39 is 0 Å². The summed E-state index contributed by atoms with van der Waals surface area (Å²) in [5, 5.41) is 6.87. The van der Waals surface area contributed by atoms with Crippen LogP contribution >= 0.6 is 24.0 Å². The lowest BCUT2D eigenvalue weighted by Crippen LogP contribution is -2.44. The first-order valence-electron chi connectivity index (χ1n) is 11.1. The number of guanidine groups is 1. The molecule has 176 valence electrons. The lowest BCUT2D eigenvalue weighted by atomic mass is 10.1. The van der Waals surface area contributed by atoms with Gasteiger partial charge in [0, 0.05) is 44.7 Å². The molecule has 2 unspecified atom stereocenters. The number of aliphatic imine (C=N–C) groups is 1. The van der Waals surface area contributed by atoms with Crippen LogP contribution in [0.3, 0.4) is 0 Å². The molecule has 2 aromatic carbocycles. The molecule has 1 fully saturated rings. The van der Waals surface area contributed by atoms with Crippen LogP contribution in [-0.4, -0.2) is 56.9 Å². The largest absolute Gasteiger partial charge is 0.488 e. The third-order valence-electron chi connectivity index (χ3n) is 5.67. The standard InChI is InChI=1S/C25H36N4O2.HI/c1-19-10-11-22(24(14-19)31-23-12-13-30-18-23)16-28-25(26-3)27-15-20(2)29(4)17-21-8-6-5-7-9-21;/h5-11,14,20,23H,12-13,15-18H2,1-4H3,(H2,26,27,28);1H. The van der Waals surface area contributed by atoms with Crippen LogP contribution in [0.5, 0.6) is 5.75 Å². The summed E-state index contributed by atoms with van der Waals surface area (Å²) in [6, 6.07) is 17.2. The van der Waals surface area contributed by atoms with E-state index in [4.69, 9.17) is 9.47 Å². The Labute approximate surface area is 209 Å². The fraction of sp³-hybridized carbons (Fsp3) is 0.480. The van der Waals surface area contributed by atoms with Gasteiger partial charge in [0.05, 0.1) is 13.2 Å². The molecule has 6 nitrogen and oxygen atoms in total. The minimum atomic E-state index is 0. The van der Waals surface area contributed by atoms with Gasteiger partial charge >= 0.3 is 0 Å². The van der Waals surface area contributed by atoms with Crippen molar-refractivity contribution in [1.29, 1.82) is 0 Å². The maximum atomic E-state index is 6.21. The molecule has 0 amide bonds. The van der Waals surface area contributed by atoms with Gasteiger partial charge in [-0.15, -0.1) is 24.0 Å². The SMILES string of the molecule is CN=C(NCc1ccc(C)cc1OC1CCOC1)NCC(C)N(C)Cc1ccccc1.I. The first-order chi connectivity index (χ1) is 15.0. The highest BCUT2D eigenvalue weighted by Crippen LogP contribution is 2.23. The molecular formula is C25H37IN4O2. The van der Waals surface area contributed by atoms with E-state index in [-0.39, 0.29) is 30.1 Å². The number of likely N-dealkylation sites (N-methyl/N-ethyl adjacent to an activating group) is 1. The van der Waals surface area contributed by atoms with Crippen LogP contribution in [0.1, 0.15) is 30.0 Å². The van der Waals surface area contributed by atoms with Crippen molar-refractivity contribution in [1.82, 2.24) is 15.5 Å². The molecule has 1 aliphatic heterocycles. The van der Waals surface area contributed by atoms with E-state index in [1.807, 2.05) is 0 Å². The monoisotopic (exact) mass is 552 g/mol. The number of ether oxygens (including phenoxy) is 2. The maximum absolute atomic E-state index is 6.21. The molecule has 0 spiro atoms. The zero-order valence-corrected chi connectivity index (χ0v) is 22.0.